The second-order valence-corrected chi connectivity index (χ2v) is 4.89. The normalized spacial score (nSPS) is 14.4. The van der Waals surface area contributed by atoms with E-state index in [1.807, 2.05) is 11.3 Å². The van der Waals surface area contributed by atoms with E-state index in [0.717, 1.165) is 5.92 Å². The van der Waals surface area contributed by atoms with E-state index < -0.39 is 0 Å². The van der Waals surface area contributed by atoms with E-state index in [4.69, 9.17) is 0 Å². The number of allylic oxidation sites excluding steroid dienone is 2. The SMILES string of the molecule is CC/C=C(\C)CCC(C)c1cccs1. The fourth-order valence-electron chi connectivity index (χ4n) is 1.61. The minimum Gasteiger partial charge on any atom is -0.149 e. The van der Waals surface area contributed by atoms with Crippen molar-refractivity contribution in [1.29, 1.82) is 0 Å². The van der Waals surface area contributed by atoms with Gasteiger partial charge in [0.25, 0.3) is 0 Å². The van der Waals surface area contributed by atoms with Gasteiger partial charge in [0.15, 0.2) is 0 Å². The Morgan fingerprint density at radius 1 is 1.57 bits per heavy atom. The molecule has 0 aliphatic carbocycles. The van der Waals surface area contributed by atoms with Crippen molar-refractivity contribution in [3.05, 3.63) is 34.0 Å². The van der Waals surface area contributed by atoms with Crippen molar-refractivity contribution in [1.82, 2.24) is 0 Å². The zero-order valence-electron chi connectivity index (χ0n) is 9.42. The zero-order chi connectivity index (χ0) is 10.4. The van der Waals surface area contributed by atoms with Crippen LogP contribution in [0, 0.1) is 0 Å². The van der Waals surface area contributed by atoms with Crippen molar-refractivity contribution in [2.75, 3.05) is 0 Å². The summed E-state index contributed by atoms with van der Waals surface area (Å²) in [6, 6.07) is 4.39. The van der Waals surface area contributed by atoms with Gasteiger partial charge in [-0.15, -0.1) is 11.3 Å². The van der Waals surface area contributed by atoms with Gasteiger partial charge < -0.3 is 0 Å². The summed E-state index contributed by atoms with van der Waals surface area (Å²) in [5, 5.41) is 2.17. The van der Waals surface area contributed by atoms with Crippen LogP contribution in [-0.2, 0) is 0 Å². The minimum atomic E-state index is 0.718. The van der Waals surface area contributed by atoms with Crippen LogP contribution in [0.5, 0.6) is 0 Å². The quantitative estimate of drug-likeness (QED) is 0.598. The van der Waals surface area contributed by atoms with Crippen molar-refractivity contribution in [2.24, 2.45) is 0 Å². The third kappa shape index (κ3) is 3.67. The summed E-state index contributed by atoms with van der Waals surface area (Å²) in [7, 11) is 0. The molecule has 14 heavy (non-hydrogen) atoms. The van der Waals surface area contributed by atoms with Crippen LogP contribution < -0.4 is 0 Å². The second-order valence-electron chi connectivity index (χ2n) is 3.91. The summed E-state index contributed by atoms with van der Waals surface area (Å²) in [4.78, 5) is 1.52. The van der Waals surface area contributed by atoms with Crippen molar-refractivity contribution < 1.29 is 0 Å². The molecule has 0 radical (unpaired) electrons. The largest absolute Gasteiger partial charge is 0.149 e. The Labute approximate surface area is 91.7 Å². The topological polar surface area (TPSA) is 0 Å². The molecule has 0 amide bonds. The first-order chi connectivity index (χ1) is 6.74. The van der Waals surface area contributed by atoms with Gasteiger partial charge in [-0.2, -0.15) is 0 Å². The van der Waals surface area contributed by atoms with Crippen molar-refractivity contribution >= 4 is 11.3 Å². The van der Waals surface area contributed by atoms with Crippen molar-refractivity contribution in [2.45, 2.75) is 46.0 Å². The standard InChI is InChI=1S/C13H20S/c1-4-6-11(2)8-9-12(3)13-7-5-10-14-13/h5-7,10,12H,4,8-9H2,1-3H3/b11-6+. The van der Waals surface area contributed by atoms with Crippen molar-refractivity contribution in [3.8, 4) is 0 Å². The first-order valence-corrected chi connectivity index (χ1v) is 6.31. The van der Waals surface area contributed by atoms with E-state index in [-0.39, 0.29) is 0 Å². The van der Waals surface area contributed by atoms with E-state index in [1.54, 1.807) is 0 Å². The van der Waals surface area contributed by atoms with Crippen LogP contribution in [0.25, 0.3) is 0 Å². The first kappa shape index (κ1) is 11.5. The predicted molar refractivity (Wildman–Crippen MR) is 66.0 cm³/mol. The van der Waals surface area contributed by atoms with Crippen LogP contribution in [0.3, 0.4) is 0 Å². The molecule has 0 aliphatic rings. The molecule has 1 heterocycles. The number of rotatable bonds is 5. The van der Waals surface area contributed by atoms with E-state index >= 15 is 0 Å². The summed E-state index contributed by atoms with van der Waals surface area (Å²) in [5.74, 6) is 0.718. The molecule has 0 saturated heterocycles. The average molecular weight is 208 g/mol. The molecule has 0 bridgehead atoms. The molecule has 1 rings (SSSR count). The summed E-state index contributed by atoms with van der Waals surface area (Å²) < 4.78 is 0. The van der Waals surface area contributed by atoms with Crippen LogP contribution in [0.4, 0.5) is 0 Å². The monoisotopic (exact) mass is 208 g/mol. The summed E-state index contributed by atoms with van der Waals surface area (Å²) in [6.07, 6.45) is 6.02. The van der Waals surface area contributed by atoms with Gasteiger partial charge in [0.2, 0.25) is 0 Å². The van der Waals surface area contributed by atoms with Gasteiger partial charge in [-0.05, 0) is 43.6 Å². The summed E-state index contributed by atoms with van der Waals surface area (Å²) in [6.45, 7) is 6.77. The number of thiophene rings is 1. The molecule has 0 N–H and O–H groups in total. The van der Waals surface area contributed by atoms with Crippen LogP contribution in [0.2, 0.25) is 0 Å². The molecule has 0 fully saturated rings. The minimum absolute atomic E-state index is 0.718. The second kappa shape index (κ2) is 6.02. The molecule has 0 saturated carbocycles. The Morgan fingerprint density at radius 3 is 2.93 bits per heavy atom. The van der Waals surface area contributed by atoms with Gasteiger partial charge in [-0.3, -0.25) is 0 Å². The Kier molecular flexibility index (Phi) is 4.95. The third-order valence-corrected chi connectivity index (χ3v) is 3.66. The molecule has 0 nitrogen and oxygen atoms in total. The summed E-state index contributed by atoms with van der Waals surface area (Å²) in [5.41, 5.74) is 1.54. The Balaban J connectivity index is 2.35. The molecule has 0 aliphatic heterocycles. The molecular weight excluding hydrogens is 188 g/mol. The van der Waals surface area contributed by atoms with E-state index in [0.29, 0.717) is 0 Å². The molecule has 1 atom stereocenters. The highest BCUT2D eigenvalue weighted by Crippen LogP contribution is 2.26. The molecule has 0 spiro atoms. The predicted octanol–water partition coefficient (Wildman–Crippen LogP) is 4.99. The average Bonchev–Trinajstić information content (AvgIpc) is 2.67. The van der Waals surface area contributed by atoms with Gasteiger partial charge >= 0.3 is 0 Å². The molecule has 1 aromatic heterocycles. The van der Waals surface area contributed by atoms with Crippen LogP contribution in [0.1, 0.15) is 50.8 Å². The summed E-state index contributed by atoms with van der Waals surface area (Å²) >= 11 is 1.88. The van der Waals surface area contributed by atoms with E-state index in [2.05, 4.69) is 44.4 Å². The lowest BCUT2D eigenvalue weighted by Crippen LogP contribution is -1.90. The van der Waals surface area contributed by atoms with Crippen LogP contribution in [-0.4, -0.2) is 0 Å². The lowest BCUT2D eigenvalue weighted by molar-refractivity contribution is 0.685. The van der Waals surface area contributed by atoms with Crippen molar-refractivity contribution in [3.63, 3.8) is 0 Å². The molecule has 78 valence electrons. The maximum absolute atomic E-state index is 2.33. The van der Waals surface area contributed by atoms with E-state index in [1.165, 1.54) is 29.7 Å². The maximum Gasteiger partial charge on any atom is 0.00735 e. The number of hydrogen-bond donors (Lipinski definition) is 0. The van der Waals surface area contributed by atoms with Gasteiger partial charge in [0.1, 0.15) is 0 Å². The van der Waals surface area contributed by atoms with Gasteiger partial charge in [-0.25, -0.2) is 0 Å². The third-order valence-electron chi connectivity index (χ3n) is 2.55. The first-order valence-electron chi connectivity index (χ1n) is 5.43. The van der Waals surface area contributed by atoms with Crippen LogP contribution >= 0.6 is 11.3 Å². The van der Waals surface area contributed by atoms with Gasteiger partial charge in [-0.1, -0.05) is 31.6 Å². The lowest BCUT2D eigenvalue weighted by Gasteiger charge is -2.08. The Hall–Kier alpha value is -0.560. The molecule has 1 heteroatoms. The van der Waals surface area contributed by atoms with Gasteiger partial charge in [0.05, 0.1) is 0 Å². The Bertz CT molecular complexity index is 269. The van der Waals surface area contributed by atoms with Crippen LogP contribution in [0.15, 0.2) is 29.2 Å². The fourth-order valence-corrected chi connectivity index (χ4v) is 2.43. The molecule has 1 aromatic rings. The maximum atomic E-state index is 2.33. The highest BCUT2D eigenvalue weighted by molar-refractivity contribution is 7.10. The number of hydrogen-bond acceptors (Lipinski definition) is 1. The zero-order valence-corrected chi connectivity index (χ0v) is 10.2. The fraction of sp³-hybridized carbons (Fsp3) is 0.538. The smallest absolute Gasteiger partial charge is 0.00735 e. The van der Waals surface area contributed by atoms with Gasteiger partial charge in [0, 0.05) is 4.88 Å². The molecule has 1 unspecified atom stereocenters. The highest BCUT2D eigenvalue weighted by Gasteiger charge is 2.05. The lowest BCUT2D eigenvalue weighted by atomic mass is 10.00. The highest BCUT2D eigenvalue weighted by atomic mass is 32.1. The molecule has 0 aromatic carbocycles. The van der Waals surface area contributed by atoms with E-state index in [9.17, 15) is 0 Å². The Morgan fingerprint density at radius 2 is 2.36 bits per heavy atom. The molecular formula is C13H20S.